The Kier molecular flexibility index (Phi) is 3.30. The first-order chi connectivity index (χ1) is 7.63. The molecule has 0 spiro atoms. The molecule has 0 aliphatic carbocycles. The van der Waals surface area contributed by atoms with E-state index in [0.29, 0.717) is 19.0 Å². The molecule has 2 N–H and O–H groups in total. The van der Waals surface area contributed by atoms with Gasteiger partial charge in [0.2, 0.25) is 0 Å². The van der Waals surface area contributed by atoms with E-state index in [1.54, 1.807) is 0 Å². The number of nitrogens with zero attached hydrogens (tertiary/aromatic N) is 2. The lowest BCUT2D eigenvalue weighted by Crippen LogP contribution is -2.34. The monoisotopic (exact) mass is 223 g/mol. The molecule has 0 aromatic carbocycles. The standard InChI is InChI=1S/C12H21N3O/c1-3-10(2)15-7-4-11(14-15)8-12(16)5-6-13-9-12/h4,7,10,13,16H,3,5-6,8-9H2,1-2H3. The third kappa shape index (κ3) is 2.44. The molecule has 4 nitrogen and oxygen atoms in total. The number of aromatic nitrogens is 2. The average Bonchev–Trinajstić information content (AvgIpc) is 2.87. The Morgan fingerprint density at radius 3 is 3.12 bits per heavy atom. The van der Waals surface area contributed by atoms with E-state index in [4.69, 9.17) is 0 Å². The van der Waals surface area contributed by atoms with E-state index in [1.165, 1.54) is 0 Å². The van der Waals surface area contributed by atoms with E-state index in [0.717, 1.165) is 25.1 Å². The number of β-amino-alcohol motifs (C(OH)–C–C–N with tert-alkyl or cyclic N) is 1. The minimum Gasteiger partial charge on any atom is -0.388 e. The van der Waals surface area contributed by atoms with Crippen LogP contribution in [-0.2, 0) is 6.42 Å². The summed E-state index contributed by atoms with van der Waals surface area (Å²) in [7, 11) is 0. The van der Waals surface area contributed by atoms with Crippen LogP contribution in [0.2, 0.25) is 0 Å². The van der Waals surface area contributed by atoms with E-state index >= 15 is 0 Å². The molecule has 0 radical (unpaired) electrons. The van der Waals surface area contributed by atoms with Crippen LogP contribution in [0.25, 0.3) is 0 Å². The fourth-order valence-electron chi connectivity index (χ4n) is 2.12. The molecule has 1 aromatic heterocycles. The molecule has 0 amide bonds. The number of hydrogen-bond donors (Lipinski definition) is 2. The quantitative estimate of drug-likeness (QED) is 0.804. The Bertz CT molecular complexity index is 342. The van der Waals surface area contributed by atoms with Crippen molar-refractivity contribution in [1.82, 2.24) is 15.1 Å². The van der Waals surface area contributed by atoms with Crippen molar-refractivity contribution in [2.24, 2.45) is 0 Å². The van der Waals surface area contributed by atoms with Crippen molar-refractivity contribution in [3.05, 3.63) is 18.0 Å². The Morgan fingerprint density at radius 1 is 1.69 bits per heavy atom. The number of rotatable bonds is 4. The normalized spacial score (nSPS) is 27.2. The first-order valence-electron chi connectivity index (χ1n) is 6.10. The molecule has 0 saturated carbocycles. The van der Waals surface area contributed by atoms with Crippen molar-refractivity contribution in [3.63, 3.8) is 0 Å². The van der Waals surface area contributed by atoms with Gasteiger partial charge < -0.3 is 10.4 Å². The summed E-state index contributed by atoms with van der Waals surface area (Å²) in [4.78, 5) is 0. The fourth-order valence-corrected chi connectivity index (χ4v) is 2.12. The molecule has 1 fully saturated rings. The molecule has 1 aliphatic rings. The topological polar surface area (TPSA) is 50.1 Å². The van der Waals surface area contributed by atoms with Crippen LogP contribution in [0.4, 0.5) is 0 Å². The molecule has 2 heterocycles. The minimum atomic E-state index is -0.589. The zero-order valence-electron chi connectivity index (χ0n) is 10.1. The van der Waals surface area contributed by atoms with E-state index in [9.17, 15) is 5.11 Å². The lowest BCUT2D eigenvalue weighted by atomic mass is 9.97. The van der Waals surface area contributed by atoms with Crippen molar-refractivity contribution in [2.75, 3.05) is 13.1 Å². The average molecular weight is 223 g/mol. The Hall–Kier alpha value is -0.870. The van der Waals surface area contributed by atoms with Gasteiger partial charge in [-0.1, -0.05) is 6.92 Å². The highest BCUT2D eigenvalue weighted by atomic mass is 16.3. The lowest BCUT2D eigenvalue weighted by molar-refractivity contribution is 0.0607. The summed E-state index contributed by atoms with van der Waals surface area (Å²) in [6.07, 6.45) is 4.56. The predicted molar refractivity (Wildman–Crippen MR) is 63.4 cm³/mol. The molecular weight excluding hydrogens is 202 g/mol. The van der Waals surface area contributed by atoms with Gasteiger partial charge in [-0.2, -0.15) is 5.10 Å². The van der Waals surface area contributed by atoms with Gasteiger partial charge in [-0.05, 0) is 32.4 Å². The molecule has 90 valence electrons. The fraction of sp³-hybridized carbons (Fsp3) is 0.750. The SMILES string of the molecule is CCC(C)n1ccc(CC2(O)CCNC2)n1. The maximum atomic E-state index is 10.2. The minimum absolute atomic E-state index is 0.435. The van der Waals surface area contributed by atoms with Crippen LogP contribution < -0.4 is 5.32 Å². The van der Waals surface area contributed by atoms with Gasteiger partial charge in [0.05, 0.1) is 11.3 Å². The molecular formula is C12H21N3O. The highest BCUT2D eigenvalue weighted by molar-refractivity contribution is 5.06. The Labute approximate surface area is 96.7 Å². The van der Waals surface area contributed by atoms with Crippen LogP contribution in [0.3, 0.4) is 0 Å². The van der Waals surface area contributed by atoms with Crippen molar-refractivity contribution in [2.45, 2.75) is 44.8 Å². The molecule has 1 aliphatic heterocycles. The first kappa shape index (κ1) is 11.6. The van der Waals surface area contributed by atoms with Gasteiger partial charge in [0.1, 0.15) is 0 Å². The van der Waals surface area contributed by atoms with Crippen LogP contribution in [0, 0.1) is 0 Å². The van der Waals surface area contributed by atoms with Gasteiger partial charge in [0.15, 0.2) is 0 Å². The molecule has 4 heteroatoms. The van der Waals surface area contributed by atoms with Crippen LogP contribution >= 0.6 is 0 Å². The van der Waals surface area contributed by atoms with Gasteiger partial charge in [-0.25, -0.2) is 0 Å². The highest BCUT2D eigenvalue weighted by Crippen LogP contribution is 2.20. The zero-order chi connectivity index (χ0) is 11.6. The van der Waals surface area contributed by atoms with E-state index in [-0.39, 0.29) is 0 Å². The molecule has 16 heavy (non-hydrogen) atoms. The third-order valence-corrected chi connectivity index (χ3v) is 3.44. The summed E-state index contributed by atoms with van der Waals surface area (Å²) in [5.74, 6) is 0. The van der Waals surface area contributed by atoms with Crippen molar-refractivity contribution in [1.29, 1.82) is 0 Å². The summed E-state index contributed by atoms with van der Waals surface area (Å²) in [6, 6.07) is 2.45. The predicted octanol–water partition coefficient (Wildman–Crippen LogP) is 1.12. The molecule has 2 atom stereocenters. The first-order valence-corrected chi connectivity index (χ1v) is 6.10. The summed E-state index contributed by atoms with van der Waals surface area (Å²) < 4.78 is 1.99. The number of hydrogen-bond acceptors (Lipinski definition) is 3. The Balaban J connectivity index is 2.02. The highest BCUT2D eigenvalue weighted by Gasteiger charge is 2.31. The van der Waals surface area contributed by atoms with Crippen molar-refractivity contribution < 1.29 is 5.11 Å². The van der Waals surface area contributed by atoms with Crippen molar-refractivity contribution in [3.8, 4) is 0 Å². The maximum absolute atomic E-state index is 10.2. The van der Waals surface area contributed by atoms with Crippen LogP contribution in [-0.4, -0.2) is 33.6 Å². The lowest BCUT2D eigenvalue weighted by Gasteiger charge is -2.19. The second-order valence-corrected chi connectivity index (χ2v) is 4.87. The van der Waals surface area contributed by atoms with E-state index < -0.39 is 5.60 Å². The molecule has 1 aromatic rings. The van der Waals surface area contributed by atoms with Crippen LogP contribution in [0.15, 0.2) is 12.3 Å². The largest absolute Gasteiger partial charge is 0.388 e. The van der Waals surface area contributed by atoms with Gasteiger partial charge >= 0.3 is 0 Å². The van der Waals surface area contributed by atoms with Gasteiger partial charge in [0.25, 0.3) is 0 Å². The number of aliphatic hydroxyl groups is 1. The van der Waals surface area contributed by atoms with Crippen LogP contribution in [0.5, 0.6) is 0 Å². The Morgan fingerprint density at radius 2 is 2.50 bits per heavy atom. The summed E-state index contributed by atoms with van der Waals surface area (Å²) in [5.41, 5.74) is 0.403. The zero-order valence-corrected chi connectivity index (χ0v) is 10.1. The number of nitrogens with one attached hydrogen (secondary N) is 1. The summed E-state index contributed by atoms with van der Waals surface area (Å²) in [5, 5.41) is 17.9. The molecule has 1 saturated heterocycles. The summed E-state index contributed by atoms with van der Waals surface area (Å²) >= 11 is 0. The molecule has 0 bridgehead atoms. The van der Waals surface area contributed by atoms with Gasteiger partial charge in [0, 0.05) is 25.2 Å². The van der Waals surface area contributed by atoms with Crippen molar-refractivity contribution >= 4 is 0 Å². The van der Waals surface area contributed by atoms with E-state index in [1.807, 2.05) is 16.9 Å². The second kappa shape index (κ2) is 4.55. The van der Waals surface area contributed by atoms with Gasteiger partial charge in [-0.15, -0.1) is 0 Å². The third-order valence-electron chi connectivity index (χ3n) is 3.44. The van der Waals surface area contributed by atoms with Crippen LogP contribution in [0.1, 0.15) is 38.4 Å². The molecule has 2 unspecified atom stereocenters. The molecule has 2 rings (SSSR count). The van der Waals surface area contributed by atoms with E-state index in [2.05, 4.69) is 24.3 Å². The maximum Gasteiger partial charge on any atom is 0.0839 e. The second-order valence-electron chi connectivity index (χ2n) is 4.87. The summed E-state index contributed by atoms with van der Waals surface area (Å²) in [6.45, 7) is 5.90. The van der Waals surface area contributed by atoms with Gasteiger partial charge in [-0.3, -0.25) is 4.68 Å². The smallest absolute Gasteiger partial charge is 0.0839 e.